The first kappa shape index (κ1) is 15.9. The molecule has 100 valence electrons. The number of aryl methyl sites for hydroxylation is 2. The van der Waals surface area contributed by atoms with Crippen molar-refractivity contribution < 1.29 is 26.3 Å². The van der Waals surface area contributed by atoms with Gasteiger partial charge in [0.15, 0.2) is 12.4 Å². The van der Waals surface area contributed by atoms with Crippen LogP contribution in [0.2, 0.25) is 5.02 Å². The van der Waals surface area contributed by atoms with Gasteiger partial charge in [-0.1, -0.05) is 11.6 Å². The number of nitrogens with zero attached hydrogens (tertiary/aromatic N) is 1. The zero-order chi connectivity index (χ0) is 13.1. The summed E-state index contributed by atoms with van der Waals surface area (Å²) in [4.78, 5) is 12.1. The molecule has 0 spiro atoms. The van der Waals surface area contributed by atoms with Gasteiger partial charge in [-0.05, 0) is 44.2 Å². The van der Waals surface area contributed by atoms with Gasteiger partial charge in [0.2, 0.25) is 12.3 Å². The Bertz CT molecular complexity index is 561. The van der Waals surface area contributed by atoms with Crippen molar-refractivity contribution in [1.82, 2.24) is 0 Å². The minimum Gasteiger partial charge on any atom is -1.00 e. The smallest absolute Gasteiger partial charge is 0.227 e. The minimum atomic E-state index is 0. The Morgan fingerprint density at radius 1 is 1.11 bits per heavy atom. The Balaban J connectivity index is 0.00000180. The summed E-state index contributed by atoms with van der Waals surface area (Å²) < 4.78 is 1.92. The third-order valence-electron chi connectivity index (χ3n) is 2.69. The number of benzene rings is 1. The van der Waals surface area contributed by atoms with Crippen molar-refractivity contribution in [2.24, 2.45) is 0 Å². The molecule has 0 unspecified atom stereocenters. The molecule has 1 aromatic heterocycles. The maximum atomic E-state index is 12.1. The summed E-state index contributed by atoms with van der Waals surface area (Å²) in [7, 11) is 0. The number of Topliss-reactive ketones (excluding diaryl/α,β-unsaturated/α-hetero) is 1. The molecule has 0 aliphatic carbocycles. The standard InChI is InChI=1S/C15H15ClNO.BrH/c1-11-7-12(2)9-17(8-11)10-15(18)13-3-5-14(16)6-4-13;/h3-9H,10H2,1-2H3;1H/q+1;/p-1. The van der Waals surface area contributed by atoms with Crippen molar-refractivity contribution in [1.29, 1.82) is 0 Å². The van der Waals surface area contributed by atoms with Crippen LogP contribution in [0.25, 0.3) is 0 Å². The molecule has 0 aliphatic heterocycles. The van der Waals surface area contributed by atoms with Crippen LogP contribution in [-0.2, 0) is 6.54 Å². The molecular formula is C15H15BrClNO. The van der Waals surface area contributed by atoms with Crippen LogP contribution in [-0.4, -0.2) is 5.78 Å². The molecule has 2 aromatic rings. The van der Waals surface area contributed by atoms with Gasteiger partial charge in [-0.3, -0.25) is 4.79 Å². The van der Waals surface area contributed by atoms with Gasteiger partial charge in [0.1, 0.15) is 0 Å². The van der Waals surface area contributed by atoms with E-state index in [4.69, 9.17) is 11.6 Å². The fraction of sp³-hybridized carbons (Fsp3) is 0.200. The van der Waals surface area contributed by atoms with E-state index in [9.17, 15) is 4.79 Å². The van der Waals surface area contributed by atoms with Gasteiger partial charge in [-0.2, -0.15) is 4.57 Å². The van der Waals surface area contributed by atoms with Crippen LogP contribution in [0.15, 0.2) is 42.7 Å². The number of rotatable bonds is 3. The van der Waals surface area contributed by atoms with Gasteiger partial charge in [0.05, 0.1) is 0 Å². The van der Waals surface area contributed by atoms with E-state index < -0.39 is 0 Å². The van der Waals surface area contributed by atoms with Crippen LogP contribution in [0, 0.1) is 13.8 Å². The molecule has 2 rings (SSSR count). The number of ketones is 1. The van der Waals surface area contributed by atoms with Crippen molar-refractivity contribution in [3.05, 3.63) is 64.4 Å². The molecule has 0 atom stereocenters. The highest BCUT2D eigenvalue weighted by Gasteiger charge is 2.12. The van der Waals surface area contributed by atoms with Crippen molar-refractivity contribution in [3.63, 3.8) is 0 Å². The highest BCUT2D eigenvalue weighted by atomic mass is 79.9. The fourth-order valence-electron chi connectivity index (χ4n) is 1.98. The zero-order valence-electron chi connectivity index (χ0n) is 10.9. The van der Waals surface area contributed by atoms with E-state index in [0.29, 0.717) is 17.1 Å². The van der Waals surface area contributed by atoms with Gasteiger partial charge < -0.3 is 17.0 Å². The number of carbonyl (C=O) groups is 1. The lowest BCUT2D eigenvalue weighted by Crippen LogP contribution is -3.00. The maximum Gasteiger partial charge on any atom is 0.227 e. The molecule has 1 heterocycles. The number of hydrogen-bond donors (Lipinski definition) is 0. The lowest BCUT2D eigenvalue weighted by atomic mass is 10.1. The Labute approximate surface area is 128 Å². The van der Waals surface area contributed by atoms with Gasteiger partial charge in [-0.15, -0.1) is 0 Å². The normalized spacial score (nSPS) is 9.84. The van der Waals surface area contributed by atoms with E-state index in [2.05, 4.69) is 6.07 Å². The number of pyridine rings is 1. The predicted molar refractivity (Wildman–Crippen MR) is 71.9 cm³/mol. The van der Waals surface area contributed by atoms with Crippen LogP contribution < -0.4 is 21.5 Å². The number of carbonyl (C=O) groups excluding carboxylic acids is 1. The van der Waals surface area contributed by atoms with Gasteiger partial charge in [0, 0.05) is 21.7 Å². The lowest BCUT2D eigenvalue weighted by Gasteiger charge is -2.00. The average Bonchev–Trinajstić information content (AvgIpc) is 2.28. The largest absolute Gasteiger partial charge is 1.00 e. The quantitative estimate of drug-likeness (QED) is 0.575. The van der Waals surface area contributed by atoms with Crippen LogP contribution in [0.3, 0.4) is 0 Å². The Morgan fingerprint density at radius 3 is 2.16 bits per heavy atom. The summed E-state index contributed by atoms with van der Waals surface area (Å²) in [6.07, 6.45) is 3.95. The van der Waals surface area contributed by atoms with Gasteiger partial charge in [-0.25, -0.2) is 0 Å². The fourth-order valence-corrected chi connectivity index (χ4v) is 2.10. The molecule has 0 saturated carbocycles. The lowest BCUT2D eigenvalue weighted by molar-refractivity contribution is -0.683. The maximum absolute atomic E-state index is 12.1. The molecule has 0 fully saturated rings. The first-order valence-electron chi connectivity index (χ1n) is 5.81. The van der Waals surface area contributed by atoms with E-state index in [-0.39, 0.29) is 22.8 Å². The minimum absolute atomic E-state index is 0. The van der Waals surface area contributed by atoms with E-state index >= 15 is 0 Å². The van der Waals surface area contributed by atoms with Crippen LogP contribution in [0.4, 0.5) is 0 Å². The summed E-state index contributed by atoms with van der Waals surface area (Å²) in [5.41, 5.74) is 2.99. The topological polar surface area (TPSA) is 20.9 Å². The van der Waals surface area contributed by atoms with Crippen molar-refractivity contribution >= 4 is 17.4 Å². The van der Waals surface area contributed by atoms with Crippen LogP contribution >= 0.6 is 11.6 Å². The second-order valence-electron chi connectivity index (χ2n) is 4.49. The van der Waals surface area contributed by atoms with Crippen molar-refractivity contribution in [3.8, 4) is 0 Å². The molecule has 0 bridgehead atoms. The predicted octanol–water partition coefficient (Wildman–Crippen LogP) is 0.131. The van der Waals surface area contributed by atoms with Crippen molar-refractivity contribution in [2.75, 3.05) is 0 Å². The highest BCUT2D eigenvalue weighted by molar-refractivity contribution is 6.30. The second-order valence-corrected chi connectivity index (χ2v) is 4.93. The van der Waals surface area contributed by atoms with Gasteiger partial charge >= 0.3 is 0 Å². The zero-order valence-corrected chi connectivity index (χ0v) is 13.2. The Morgan fingerprint density at radius 2 is 1.63 bits per heavy atom. The molecule has 2 nitrogen and oxygen atoms in total. The molecule has 0 radical (unpaired) electrons. The number of hydrogen-bond acceptors (Lipinski definition) is 1. The molecule has 0 amide bonds. The molecule has 0 aliphatic rings. The summed E-state index contributed by atoms with van der Waals surface area (Å²) in [5, 5.41) is 0.644. The summed E-state index contributed by atoms with van der Waals surface area (Å²) in [6, 6.07) is 9.08. The van der Waals surface area contributed by atoms with E-state index in [1.807, 2.05) is 30.8 Å². The SMILES string of the molecule is Cc1cc(C)c[n+](CC(=O)c2ccc(Cl)cc2)c1.[Br-]. The first-order valence-corrected chi connectivity index (χ1v) is 6.18. The van der Waals surface area contributed by atoms with Crippen molar-refractivity contribution in [2.45, 2.75) is 20.4 Å². The number of aromatic nitrogens is 1. The van der Waals surface area contributed by atoms with Crippen LogP contribution in [0.1, 0.15) is 21.5 Å². The molecule has 0 saturated heterocycles. The molecule has 19 heavy (non-hydrogen) atoms. The van der Waals surface area contributed by atoms with E-state index in [1.54, 1.807) is 24.3 Å². The van der Waals surface area contributed by atoms with Gasteiger partial charge in [0.25, 0.3) is 0 Å². The summed E-state index contributed by atoms with van der Waals surface area (Å²) in [5.74, 6) is 0.0849. The summed E-state index contributed by atoms with van der Waals surface area (Å²) in [6.45, 7) is 4.40. The molecule has 4 heteroatoms. The Kier molecular flexibility index (Phi) is 5.70. The monoisotopic (exact) mass is 339 g/mol. The van der Waals surface area contributed by atoms with Crippen LogP contribution in [0.5, 0.6) is 0 Å². The second kappa shape index (κ2) is 6.83. The highest BCUT2D eigenvalue weighted by Crippen LogP contribution is 2.10. The molecular weight excluding hydrogens is 326 g/mol. The average molecular weight is 341 g/mol. The third kappa shape index (κ3) is 4.44. The molecule has 1 aromatic carbocycles. The van der Waals surface area contributed by atoms with E-state index in [1.165, 1.54) is 0 Å². The number of halogens is 2. The molecule has 0 N–H and O–H groups in total. The first-order chi connectivity index (χ1) is 8.54. The third-order valence-corrected chi connectivity index (χ3v) is 2.94. The summed E-state index contributed by atoms with van der Waals surface area (Å²) >= 11 is 5.80. The Hall–Kier alpha value is -1.19. The van der Waals surface area contributed by atoms with E-state index in [0.717, 1.165) is 11.1 Å².